The summed E-state index contributed by atoms with van der Waals surface area (Å²) in [5.74, 6) is -1.54. The highest BCUT2D eigenvalue weighted by Crippen LogP contribution is 2.37. The first-order valence-electron chi connectivity index (χ1n) is 10.7. The summed E-state index contributed by atoms with van der Waals surface area (Å²) in [6.45, 7) is 0. The van der Waals surface area contributed by atoms with Crippen molar-refractivity contribution in [2.24, 2.45) is 0 Å². The highest BCUT2D eigenvalue weighted by atomic mass is 16.4. The molecule has 0 bridgehead atoms. The molecule has 166 valence electrons. The highest BCUT2D eigenvalue weighted by molar-refractivity contribution is 5.74. The van der Waals surface area contributed by atoms with Crippen LogP contribution >= 0.6 is 0 Å². The van der Waals surface area contributed by atoms with Crippen LogP contribution in [-0.4, -0.2) is 27.3 Å². The van der Waals surface area contributed by atoms with Crippen LogP contribution in [0.5, 0.6) is 11.5 Å². The molecule has 0 aliphatic carbocycles. The second-order valence-corrected chi connectivity index (χ2v) is 7.91. The monoisotopic (exact) mass is 439 g/mol. The van der Waals surface area contributed by atoms with Crippen molar-refractivity contribution in [1.82, 2.24) is 5.32 Å². The zero-order valence-corrected chi connectivity index (χ0v) is 17.9. The van der Waals surface area contributed by atoms with E-state index in [1.807, 2.05) is 91.0 Å². The molecule has 0 unspecified atom stereocenters. The van der Waals surface area contributed by atoms with Gasteiger partial charge in [0.05, 0.1) is 5.54 Å². The molecule has 1 atom stereocenters. The Kier molecular flexibility index (Phi) is 6.43. The number of benzene rings is 4. The van der Waals surface area contributed by atoms with E-state index < -0.39 is 17.6 Å². The number of phenols is 2. The van der Waals surface area contributed by atoms with E-state index in [0.29, 0.717) is 5.56 Å². The van der Waals surface area contributed by atoms with E-state index in [0.717, 1.165) is 16.7 Å². The summed E-state index contributed by atoms with van der Waals surface area (Å²) < 4.78 is 0. The summed E-state index contributed by atoms with van der Waals surface area (Å²) in [6, 6.07) is 32.7. The minimum Gasteiger partial charge on any atom is -0.504 e. The van der Waals surface area contributed by atoms with Gasteiger partial charge in [0.1, 0.15) is 6.04 Å². The molecular formula is C28H25NO4. The Bertz CT molecular complexity index is 1110. The molecule has 0 radical (unpaired) electrons. The first kappa shape index (κ1) is 22.1. The van der Waals surface area contributed by atoms with Crippen molar-refractivity contribution < 1.29 is 20.1 Å². The molecule has 0 spiro atoms. The van der Waals surface area contributed by atoms with Gasteiger partial charge in [-0.2, -0.15) is 0 Å². The van der Waals surface area contributed by atoms with Crippen molar-refractivity contribution in [2.45, 2.75) is 18.0 Å². The molecule has 4 aromatic rings. The Morgan fingerprint density at radius 2 is 1.15 bits per heavy atom. The molecule has 0 saturated carbocycles. The largest absolute Gasteiger partial charge is 0.504 e. The van der Waals surface area contributed by atoms with Gasteiger partial charge in [-0.15, -0.1) is 0 Å². The maximum Gasteiger partial charge on any atom is 0.321 e. The van der Waals surface area contributed by atoms with Crippen LogP contribution in [0.1, 0.15) is 22.3 Å². The Morgan fingerprint density at radius 3 is 1.55 bits per heavy atom. The van der Waals surface area contributed by atoms with Crippen molar-refractivity contribution in [3.63, 3.8) is 0 Å². The Balaban J connectivity index is 1.88. The maximum absolute atomic E-state index is 12.5. The van der Waals surface area contributed by atoms with Gasteiger partial charge in [-0.05, 0) is 40.8 Å². The molecule has 0 aromatic heterocycles. The average Bonchev–Trinajstić information content (AvgIpc) is 2.85. The van der Waals surface area contributed by atoms with E-state index in [9.17, 15) is 20.1 Å². The highest BCUT2D eigenvalue weighted by Gasteiger charge is 2.39. The number of hydrogen-bond donors (Lipinski definition) is 4. The van der Waals surface area contributed by atoms with Crippen molar-refractivity contribution >= 4 is 5.97 Å². The standard InChI is InChI=1S/C28H25NO4/c30-25-17-16-20(19-26(25)31)18-24(27(32)33)29-28(21-10-4-1-5-11-21,22-12-6-2-7-13-22)23-14-8-3-9-15-23/h1-17,19,24,29-31H,18H2,(H,32,33)/t24-/m0/s1. The lowest BCUT2D eigenvalue weighted by molar-refractivity contribution is -0.139. The predicted molar refractivity (Wildman–Crippen MR) is 127 cm³/mol. The van der Waals surface area contributed by atoms with E-state index in [1.165, 1.54) is 12.1 Å². The topological polar surface area (TPSA) is 89.8 Å². The van der Waals surface area contributed by atoms with Crippen LogP contribution in [0, 0.1) is 0 Å². The van der Waals surface area contributed by atoms with Crippen LogP contribution in [0.2, 0.25) is 0 Å². The van der Waals surface area contributed by atoms with E-state index in [1.54, 1.807) is 6.07 Å². The third kappa shape index (κ3) is 4.59. The molecule has 4 rings (SSSR count). The summed E-state index contributed by atoms with van der Waals surface area (Å²) in [6.07, 6.45) is 0.109. The molecule has 0 aliphatic heterocycles. The first-order chi connectivity index (χ1) is 16.0. The molecule has 0 amide bonds. The van der Waals surface area contributed by atoms with Gasteiger partial charge in [0.15, 0.2) is 11.5 Å². The van der Waals surface area contributed by atoms with Gasteiger partial charge < -0.3 is 15.3 Å². The van der Waals surface area contributed by atoms with Gasteiger partial charge in [0.25, 0.3) is 0 Å². The number of aliphatic carboxylic acids is 1. The second-order valence-electron chi connectivity index (χ2n) is 7.91. The van der Waals surface area contributed by atoms with Crippen molar-refractivity contribution in [3.05, 3.63) is 131 Å². The van der Waals surface area contributed by atoms with Crippen molar-refractivity contribution in [3.8, 4) is 11.5 Å². The molecule has 0 saturated heterocycles. The lowest BCUT2D eigenvalue weighted by Crippen LogP contribution is -2.53. The van der Waals surface area contributed by atoms with E-state index in [4.69, 9.17) is 0 Å². The van der Waals surface area contributed by atoms with Crippen LogP contribution in [0.25, 0.3) is 0 Å². The summed E-state index contributed by atoms with van der Waals surface area (Å²) in [5, 5.41) is 33.2. The third-order valence-electron chi connectivity index (χ3n) is 5.79. The molecule has 4 N–H and O–H groups in total. The SMILES string of the molecule is O=C(O)[C@H](Cc1ccc(O)c(O)c1)NC(c1ccccc1)(c1ccccc1)c1ccccc1. The van der Waals surface area contributed by atoms with Gasteiger partial charge in [-0.3, -0.25) is 10.1 Å². The number of hydrogen-bond acceptors (Lipinski definition) is 4. The summed E-state index contributed by atoms with van der Waals surface area (Å²) >= 11 is 0. The van der Waals surface area contributed by atoms with Gasteiger partial charge in [-0.1, -0.05) is 97.1 Å². The third-order valence-corrected chi connectivity index (χ3v) is 5.79. The lowest BCUT2D eigenvalue weighted by atomic mass is 9.76. The van der Waals surface area contributed by atoms with Gasteiger partial charge in [-0.25, -0.2) is 0 Å². The quantitative estimate of drug-likeness (QED) is 0.237. The normalized spacial score (nSPS) is 12.2. The zero-order valence-electron chi connectivity index (χ0n) is 17.9. The van der Waals surface area contributed by atoms with E-state index in [2.05, 4.69) is 5.32 Å². The number of nitrogens with one attached hydrogen (secondary N) is 1. The molecular weight excluding hydrogens is 414 g/mol. The number of carboxylic acids is 1. The number of phenolic OH excluding ortho intramolecular Hbond substituents is 2. The number of rotatable bonds is 8. The lowest BCUT2D eigenvalue weighted by Gasteiger charge is -2.39. The maximum atomic E-state index is 12.5. The second kappa shape index (κ2) is 9.59. The van der Waals surface area contributed by atoms with Crippen LogP contribution in [0.3, 0.4) is 0 Å². The van der Waals surface area contributed by atoms with Crippen molar-refractivity contribution in [1.29, 1.82) is 0 Å². The van der Waals surface area contributed by atoms with Gasteiger partial charge >= 0.3 is 5.97 Å². The Morgan fingerprint density at radius 1 is 0.697 bits per heavy atom. The van der Waals surface area contributed by atoms with Crippen LogP contribution in [0.4, 0.5) is 0 Å². The fraction of sp³-hybridized carbons (Fsp3) is 0.107. The summed E-state index contributed by atoms with van der Waals surface area (Å²) in [7, 11) is 0. The predicted octanol–water partition coefficient (Wildman–Crippen LogP) is 4.68. The van der Waals surface area contributed by atoms with Gasteiger partial charge in [0.2, 0.25) is 0 Å². The van der Waals surface area contributed by atoms with Crippen molar-refractivity contribution in [2.75, 3.05) is 0 Å². The molecule has 33 heavy (non-hydrogen) atoms. The number of carbonyl (C=O) groups is 1. The Hall–Kier alpha value is -4.09. The summed E-state index contributed by atoms with van der Waals surface area (Å²) in [4.78, 5) is 12.5. The molecule has 5 nitrogen and oxygen atoms in total. The molecule has 0 aliphatic rings. The number of carboxylic acid groups (broad SMARTS) is 1. The van der Waals surface area contributed by atoms with Gasteiger partial charge in [0, 0.05) is 0 Å². The van der Waals surface area contributed by atoms with E-state index >= 15 is 0 Å². The molecule has 5 heteroatoms. The smallest absolute Gasteiger partial charge is 0.321 e. The first-order valence-corrected chi connectivity index (χ1v) is 10.7. The Labute approximate surface area is 192 Å². The molecule has 0 heterocycles. The molecule has 0 fully saturated rings. The van der Waals surface area contributed by atoms with Crippen LogP contribution in [-0.2, 0) is 16.8 Å². The van der Waals surface area contributed by atoms with E-state index in [-0.39, 0.29) is 17.9 Å². The minimum absolute atomic E-state index is 0.109. The fourth-order valence-electron chi connectivity index (χ4n) is 4.21. The van der Waals surface area contributed by atoms with Crippen LogP contribution in [0.15, 0.2) is 109 Å². The van der Waals surface area contributed by atoms with Crippen LogP contribution < -0.4 is 5.32 Å². The number of aromatic hydroxyl groups is 2. The zero-order chi connectivity index (χ0) is 23.3. The fourth-order valence-corrected chi connectivity index (χ4v) is 4.21. The molecule has 4 aromatic carbocycles. The summed E-state index contributed by atoms with van der Waals surface area (Å²) in [5.41, 5.74) is 2.37. The average molecular weight is 440 g/mol. The minimum atomic E-state index is -1.02.